The molecular formula is C14H20N6O. The fraction of sp³-hybridized carbons (Fsp3) is 0.429. The molecule has 2 aromatic rings. The number of amides is 1. The Bertz CT molecular complexity index is 621. The number of tetrazole rings is 1. The van der Waals surface area contributed by atoms with Gasteiger partial charge in [0.2, 0.25) is 5.91 Å². The molecule has 1 heterocycles. The second-order valence-electron chi connectivity index (χ2n) is 5.41. The maximum absolute atomic E-state index is 12.0. The van der Waals surface area contributed by atoms with Crippen LogP contribution in [0.1, 0.15) is 26.1 Å². The molecule has 0 saturated carbocycles. The number of carbonyl (C=O) groups excluding carboxylic acids is 1. The summed E-state index contributed by atoms with van der Waals surface area (Å²) in [6, 6.07) is 6.81. The van der Waals surface area contributed by atoms with E-state index in [2.05, 4.69) is 20.8 Å². The smallest absolute Gasteiger partial charge is 0.241 e. The molecule has 2 rings (SSSR count). The van der Waals surface area contributed by atoms with Crippen LogP contribution in [0, 0.1) is 12.8 Å². The van der Waals surface area contributed by atoms with Crippen LogP contribution in [-0.2, 0) is 4.79 Å². The predicted octanol–water partition coefficient (Wildman–Crippen LogP) is 1.28. The van der Waals surface area contributed by atoms with Crippen LogP contribution in [0.15, 0.2) is 24.3 Å². The topological polar surface area (TPSA) is 98.7 Å². The Hall–Kier alpha value is -2.28. The molecule has 1 aromatic heterocycles. The van der Waals surface area contributed by atoms with E-state index < -0.39 is 6.04 Å². The van der Waals surface area contributed by atoms with Gasteiger partial charge in [-0.15, -0.1) is 5.10 Å². The minimum Gasteiger partial charge on any atom is -0.325 e. The fourth-order valence-corrected chi connectivity index (χ4v) is 2.04. The van der Waals surface area contributed by atoms with E-state index in [1.165, 1.54) is 0 Å². The predicted molar refractivity (Wildman–Crippen MR) is 80.0 cm³/mol. The molecule has 7 nitrogen and oxygen atoms in total. The van der Waals surface area contributed by atoms with Gasteiger partial charge in [-0.1, -0.05) is 19.9 Å². The quantitative estimate of drug-likeness (QED) is 0.863. The molecule has 0 bridgehead atoms. The third-order valence-corrected chi connectivity index (χ3v) is 3.05. The first kappa shape index (κ1) is 15.1. The lowest BCUT2D eigenvalue weighted by molar-refractivity contribution is -0.117. The van der Waals surface area contributed by atoms with Gasteiger partial charge >= 0.3 is 0 Å². The lowest BCUT2D eigenvalue weighted by Crippen LogP contribution is -2.36. The Morgan fingerprint density at radius 1 is 1.43 bits per heavy atom. The first-order chi connectivity index (χ1) is 9.97. The third kappa shape index (κ3) is 3.85. The van der Waals surface area contributed by atoms with Crippen LogP contribution in [0.4, 0.5) is 5.69 Å². The Morgan fingerprint density at radius 2 is 2.19 bits per heavy atom. The second kappa shape index (κ2) is 6.45. The second-order valence-corrected chi connectivity index (χ2v) is 5.41. The zero-order valence-corrected chi connectivity index (χ0v) is 12.4. The van der Waals surface area contributed by atoms with Gasteiger partial charge in [0, 0.05) is 5.69 Å². The number of nitrogens with zero attached hydrogens (tertiary/aromatic N) is 4. The molecule has 7 heteroatoms. The molecule has 1 amide bonds. The van der Waals surface area contributed by atoms with Crippen LogP contribution < -0.4 is 11.1 Å². The molecule has 21 heavy (non-hydrogen) atoms. The average molecular weight is 288 g/mol. The summed E-state index contributed by atoms with van der Waals surface area (Å²) in [7, 11) is 0. The zero-order valence-electron chi connectivity index (χ0n) is 12.4. The Morgan fingerprint density at radius 3 is 2.81 bits per heavy atom. The van der Waals surface area contributed by atoms with Crippen LogP contribution in [0.5, 0.6) is 0 Å². The lowest BCUT2D eigenvalue weighted by Gasteiger charge is -2.14. The molecule has 1 unspecified atom stereocenters. The highest BCUT2D eigenvalue weighted by Gasteiger charge is 2.15. The summed E-state index contributed by atoms with van der Waals surface area (Å²) in [5.41, 5.74) is 7.33. The fourth-order valence-electron chi connectivity index (χ4n) is 2.04. The highest BCUT2D eigenvalue weighted by atomic mass is 16.2. The van der Waals surface area contributed by atoms with E-state index in [1.54, 1.807) is 4.68 Å². The summed E-state index contributed by atoms with van der Waals surface area (Å²) >= 11 is 0. The van der Waals surface area contributed by atoms with Gasteiger partial charge in [0.1, 0.15) is 0 Å². The monoisotopic (exact) mass is 288 g/mol. The van der Waals surface area contributed by atoms with Crippen LogP contribution >= 0.6 is 0 Å². The first-order valence-electron chi connectivity index (χ1n) is 6.89. The first-order valence-corrected chi connectivity index (χ1v) is 6.89. The van der Waals surface area contributed by atoms with Crippen molar-refractivity contribution < 1.29 is 4.79 Å². The highest BCUT2D eigenvalue weighted by Crippen LogP contribution is 2.15. The Kier molecular flexibility index (Phi) is 4.64. The average Bonchev–Trinajstić information content (AvgIpc) is 2.84. The Labute approximate surface area is 123 Å². The van der Waals surface area contributed by atoms with E-state index in [1.807, 2.05) is 45.0 Å². The molecule has 112 valence electrons. The third-order valence-electron chi connectivity index (χ3n) is 3.05. The highest BCUT2D eigenvalue weighted by molar-refractivity contribution is 5.94. The number of rotatable bonds is 5. The lowest BCUT2D eigenvalue weighted by atomic mass is 10.0. The SMILES string of the molecule is Cc1nnnn1-c1cccc(NC(=O)C(N)CC(C)C)c1. The van der Waals surface area contributed by atoms with Crippen molar-refractivity contribution in [2.75, 3.05) is 5.32 Å². The van der Waals surface area contributed by atoms with Crippen molar-refractivity contribution >= 4 is 11.6 Å². The van der Waals surface area contributed by atoms with Crippen LogP contribution in [0.3, 0.4) is 0 Å². The van der Waals surface area contributed by atoms with E-state index in [4.69, 9.17) is 5.73 Å². The van der Waals surface area contributed by atoms with Crippen molar-refractivity contribution in [1.29, 1.82) is 0 Å². The van der Waals surface area contributed by atoms with Crippen molar-refractivity contribution in [3.63, 3.8) is 0 Å². The minimum absolute atomic E-state index is 0.186. The molecule has 0 spiro atoms. The molecule has 0 aliphatic rings. The molecule has 0 fully saturated rings. The van der Waals surface area contributed by atoms with Crippen molar-refractivity contribution in [2.45, 2.75) is 33.2 Å². The van der Waals surface area contributed by atoms with E-state index in [0.717, 1.165) is 5.69 Å². The minimum atomic E-state index is -0.511. The van der Waals surface area contributed by atoms with Crippen molar-refractivity contribution in [3.05, 3.63) is 30.1 Å². The number of anilines is 1. The summed E-state index contributed by atoms with van der Waals surface area (Å²) in [5, 5.41) is 14.2. The van der Waals surface area contributed by atoms with E-state index >= 15 is 0 Å². The van der Waals surface area contributed by atoms with Gasteiger partial charge in [0.15, 0.2) is 5.82 Å². The summed E-state index contributed by atoms with van der Waals surface area (Å²) < 4.78 is 1.60. The van der Waals surface area contributed by atoms with Crippen molar-refractivity contribution in [1.82, 2.24) is 20.2 Å². The largest absolute Gasteiger partial charge is 0.325 e. The Balaban J connectivity index is 2.12. The van der Waals surface area contributed by atoms with Gasteiger partial charge in [-0.05, 0) is 47.9 Å². The molecule has 0 radical (unpaired) electrons. The maximum atomic E-state index is 12.0. The number of hydrogen-bond acceptors (Lipinski definition) is 5. The van der Waals surface area contributed by atoms with Gasteiger partial charge in [-0.25, -0.2) is 0 Å². The van der Waals surface area contributed by atoms with Crippen molar-refractivity contribution in [2.24, 2.45) is 11.7 Å². The van der Waals surface area contributed by atoms with Gasteiger partial charge in [0.25, 0.3) is 0 Å². The van der Waals surface area contributed by atoms with E-state index in [-0.39, 0.29) is 5.91 Å². The molecule has 3 N–H and O–H groups in total. The van der Waals surface area contributed by atoms with Gasteiger partial charge < -0.3 is 11.1 Å². The normalized spacial score (nSPS) is 12.4. The molecule has 1 atom stereocenters. The molecule has 0 aliphatic heterocycles. The van der Waals surface area contributed by atoms with Gasteiger partial charge in [-0.3, -0.25) is 4.79 Å². The number of hydrogen-bond donors (Lipinski definition) is 2. The number of nitrogens with one attached hydrogen (secondary N) is 1. The van der Waals surface area contributed by atoms with E-state index in [9.17, 15) is 4.79 Å². The molecule has 0 saturated heterocycles. The van der Waals surface area contributed by atoms with E-state index in [0.29, 0.717) is 23.9 Å². The summed E-state index contributed by atoms with van der Waals surface area (Å²) in [6.07, 6.45) is 0.650. The number of aryl methyl sites for hydroxylation is 1. The van der Waals surface area contributed by atoms with Crippen LogP contribution in [0.25, 0.3) is 5.69 Å². The summed E-state index contributed by atoms with van der Waals surface area (Å²) in [6.45, 7) is 5.88. The number of nitrogens with two attached hydrogens (primary N) is 1. The molecule has 0 aliphatic carbocycles. The summed E-state index contributed by atoms with van der Waals surface area (Å²) in [5.74, 6) is 0.866. The zero-order chi connectivity index (χ0) is 15.4. The number of carbonyl (C=O) groups is 1. The van der Waals surface area contributed by atoms with Gasteiger partial charge in [-0.2, -0.15) is 4.68 Å². The van der Waals surface area contributed by atoms with Gasteiger partial charge in [0.05, 0.1) is 11.7 Å². The van der Waals surface area contributed by atoms with Crippen LogP contribution in [0.2, 0.25) is 0 Å². The standard InChI is InChI=1S/C14H20N6O/c1-9(2)7-13(15)14(21)16-11-5-4-6-12(8-11)20-10(3)17-18-19-20/h4-6,8-9,13H,7,15H2,1-3H3,(H,16,21). The summed E-state index contributed by atoms with van der Waals surface area (Å²) in [4.78, 5) is 12.0. The number of benzene rings is 1. The molecule has 1 aromatic carbocycles. The molecular weight excluding hydrogens is 268 g/mol. The number of aromatic nitrogens is 4. The van der Waals surface area contributed by atoms with Crippen molar-refractivity contribution in [3.8, 4) is 5.69 Å². The van der Waals surface area contributed by atoms with Crippen LogP contribution in [-0.4, -0.2) is 32.2 Å². The maximum Gasteiger partial charge on any atom is 0.241 e.